The number of carbonyl (C=O) groups is 3. The van der Waals surface area contributed by atoms with Crippen molar-refractivity contribution in [1.82, 2.24) is 10.2 Å². The molecule has 1 N–H and O–H groups in total. The van der Waals surface area contributed by atoms with Crippen molar-refractivity contribution < 1.29 is 22.8 Å². The molecule has 0 radical (unpaired) electrons. The van der Waals surface area contributed by atoms with Gasteiger partial charge in [-0.05, 0) is 6.08 Å². The van der Waals surface area contributed by atoms with Crippen molar-refractivity contribution in [2.75, 3.05) is 5.75 Å². The minimum absolute atomic E-state index is 0.319. The highest BCUT2D eigenvalue weighted by molar-refractivity contribution is 7.94. The Morgan fingerprint density at radius 2 is 2.00 bits per heavy atom. The molecule has 0 aromatic rings. The van der Waals surface area contributed by atoms with Crippen LogP contribution in [0, 0.1) is 0 Å². The van der Waals surface area contributed by atoms with E-state index in [2.05, 4.69) is 0 Å². The molecule has 0 spiro atoms. The van der Waals surface area contributed by atoms with Gasteiger partial charge in [-0.25, -0.2) is 13.2 Å². The molecule has 1 atom stereocenters. The summed E-state index contributed by atoms with van der Waals surface area (Å²) in [6, 6.07) is -1.68. The van der Waals surface area contributed by atoms with Crippen molar-refractivity contribution >= 4 is 27.7 Å². The predicted molar refractivity (Wildman–Crippen MR) is 51.7 cm³/mol. The summed E-state index contributed by atoms with van der Waals surface area (Å²) in [5.74, 6) is -1.67. The van der Waals surface area contributed by atoms with E-state index < -0.39 is 40.1 Å². The predicted octanol–water partition coefficient (Wildman–Crippen LogP) is -1.23. The SMILES string of the molecule is O=C1CC(=O)N(C2C=CS(=O)(=O)C2)C(=O)N1. The lowest BCUT2D eigenvalue weighted by Crippen LogP contribution is -2.56. The van der Waals surface area contributed by atoms with Gasteiger partial charge in [0.25, 0.3) is 0 Å². The van der Waals surface area contributed by atoms with Gasteiger partial charge >= 0.3 is 6.03 Å². The van der Waals surface area contributed by atoms with Gasteiger partial charge in [0.2, 0.25) is 11.8 Å². The Morgan fingerprint density at radius 3 is 2.50 bits per heavy atom. The number of carbonyl (C=O) groups excluding carboxylic acids is 3. The summed E-state index contributed by atoms with van der Waals surface area (Å²) in [5.41, 5.74) is 0. The van der Waals surface area contributed by atoms with Crippen LogP contribution >= 0.6 is 0 Å². The summed E-state index contributed by atoms with van der Waals surface area (Å²) < 4.78 is 22.3. The third kappa shape index (κ3) is 1.83. The number of urea groups is 1. The fourth-order valence-electron chi connectivity index (χ4n) is 1.62. The lowest BCUT2D eigenvalue weighted by molar-refractivity contribution is -0.136. The minimum Gasteiger partial charge on any atom is -0.277 e. The zero-order valence-electron chi connectivity index (χ0n) is 8.04. The first-order valence-electron chi connectivity index (χ1n) is 4.46. The van der Waals surface area contributed by atoms with Crippen LogP contribution in [0.2, 0.25) is 0 Å². The summed E-state index contributed by atoms with van der Waals surface area (Å²) in [7, 11) is -3.34. The Labute approximate surface area is 91.0 Å². The van der Waals surface area contributed by atoms with Crippen LogP contribution < -0.4 is 5.32 Å². The van der Waals surface area contributed by atoms with Crippen LogP contribution in [-0.2, 0) is 19.4 Å². The van der Waals surface area contributed by atoms with Crippen LogP contribution in [0.1, 0.15) is 6.42 Å². The molecule has 16 heavy (non-hydrogen) atoms. The van der Waals surface area contributed by atoms with Gasteiger partial charge < -0.3 is 0 Å². The van der Waals surface area contributed by atoms with E-state index in [0.29, 0.717) is 0 Å². The highest BCUT2D eigenvalue weighted by atomic mass is 32.2. The van der Waals surface area contributed by atoms with E-state index in [-0.39, 0.29) is 5.75 Å². The number of rotatable bonds is 1. The fraction of sp³-hybridized carbons (Fsp3) is 0.375. The van der Waals surface area contributed by atoms with Crippen molar-refractivity contribution in [2.24, 2.45) is 0 Å². The summed E-state index contributed by atoms with van der Waals surface area (Å²) in [4.78, 5) is 34.4. The average molecular weight is 244 g/mol. The number of nitrogens with one attached hydrogen (secondary N) is 1. The second-order valence-electron chi connectivity index (χ2n) is 3.52. The number of amides is 4. The first-order chi connectivity index (χ1) is 7.39. The third-order valence-corrected chi connectivity index (χ3v) is 3.67. The maximum Gasteiger partial charge on any atom is 0.331 e. The van der Waals surface area contributed by atoms with Gasteiger partial charge in [0, 0.05) is 5.41 Å². The summed E-state index contributed by atoms with van der Waals surface area (Å²) >= 11 is 0. The molecule has 2 aliphatic rings. The minimum atomic E-state index is -3.34. The normalized spacial score (nSPS) is 28.4. The summed E-state index contributed by atoms with van der Waals surface area (Å²) in [5, 5.41) is 2.93. The first-order valence-corrected chi connectivity index (χ1v) is 6.17. The van der Waals surface area contributed by atoms with E-state index in [9.17, 15) is 22.8 Å². The standard InChI is InChI=1S/C8H8N2O5S/c11-6-3-7(12)10(8(13)9-6)5-1-2-16(14,15)4-5/h1-2,5H,3-4H2,(H,9,11,13). The van der Waals surface area contributed by atoms with Gasteiger partial charge in [0.1, 0.15) is 6.42 Å². The highest BCUT2D eigenvalue weighted by Crippen LogP contribution is 2.17. The zero-order chi connectivity index (χ0) is 11.9. The summed E-state index contributed by atoms with van der Waals surface area (Å²) in [6.07, 6.45) is 0.832. The topological polar surface area (TPSA) is 101 Å². The lowest BCUT2D eigenvalue weighted by Gasteiger charge is -2.28. The van der Waals surface area contributed by atoms with Crippen LogP contribution in [-0.4, -0.2) is 43.0 Å². The highest BCUT2D eigenvalue weighted by Gasteiger charge is 2.38. The number of barbiturate groups is 1. The van der Waals surface area contributed by atoms with Gasteiger partial charge in [0.05, 0.1) is 11.8 Å². The molecule has 0 aromatic carbocycles. The van der Waals surface area contributed by atoms with Gasteiger partial charge in [-0.2, -0.15) is 0 Å². The van der Waals surface area contributed by atoms with E-state index >= 15 is 0 Å². The summed E-state index contributed by atoms with van der Waals surface area (Å²) in [6.45, 7) is 0. The monoisotopic (exact) mass is 244 g/mol. The number of nitrogens with zero attached hydrogens (tertiary/aromatic N) is 1. The molecule has 2 aliphatic heterocycles. The van der Waals surface area contributed by atoms with Gasteiger partial charge in [-0.15, -0.1) is 0 Å². The number of imide groups is 2. The van der Waals surface area contributed by atoms with Crippen LogP contribution in [0.15, 0.2) is 11.5 Å². The Bertz CT molecular complexity index is 487. The molecule has 2 rings (SSSR count). The molecule has 2 heterocycles. The van der Waals surface area contributed by atoms with Gasteiger partial charge in [0.15, 0.2) is 9.84 Å². The van der Waals surface area contributed by atoms with Crippen molar-refractivity contribution in [3.63, 3.8) is 0 Å². The first kappa shape index (κ1) is 10.8. The third-order valence-electron chi connectivity index (χ3n) is 2.29. The molecular weight excluding hydrogens is 236 g/mol. The van der Waals surface area contributed by atoms with Crippen molar-refractivity contribution in [3.8, 4) is 0 Å². The molecule has 0 bridgehead atoms. The van der Waals surface area contributed by atoms with Crippen molar-refractivity contribution in [3.05, 3.63) is 11.5 Å². The molecular formula is C8H8N2O5S. The number of hydrogen-bond donors (Lipinski definition) is 1. The fourth-order valence-corrected chi connectivity index (χ4v) is 2.88. The Balaban J connectivity index is 2.22. The van der Waals surface area contributed by atoms with Crippen molar-refractivity contribution in [2.45, 2.75) is 12.5 Å². The second-order valence-corrected chi connectivity index (χ2v) is 5.45. The Hall–Kier alpha value is -1.70. The molecule has 1 unspecified atom stereocenters. The van der Waals surface area contributed by atoms with Gasteiger partial charge in [-0.3, -0.25) is 19.8 Å². The quantitative estimate of drug-likeness (QED) is 0.582. The molecule has 0 aromatic heterocycles. The van der Waals surface area contributed by atoms with E-state index in [1.54, 1.807) is 0 Å². The largest absolute Gasteiger partial charge is 0.331 e. The number of sulfone groups is 1. The molecule has 7 nitrogen and oxygen atoms in total. The van der Waals surface area contributed by atoms with Crippen molar-refractivity contribution in [1.29, 1.82) is 0 Å². The smallest absolute Gasteiger partial charge is 0.277 e. The van der Waals surface area contributed by atoms with Crippen LogP contribution in [0.5, 0.6) is 0 Å². The maximum absolute atomic E-state index is 11.4. The van der Waals surface area contributed by atoms with E-state index in [4.69, 9.17) is 0 Å². The maximum atomic E-state index is 11.4. The van der Waals surface area contributed by atoms with E-state index in [0.717, 1.165) is 10.3 Å². The Morgan fingerprint density at radius 1 is 1.31 bits per heavy atom. The number of hydrogen-bond acceptors (Lipinski definition) is 5. The average Bonchev–Trinajstić information content (AvgIpc) is 2.44. The van der Waals surface area contributed by atoms with E-state index in [1.165, 1.54) is 6.08 Å². The molecule has 4 amide bonds. The zero-order valence-corrected chi connectivity index (χ0v) is 8.86. The molecule has 86 valence electrons. The molecule has 8 heteroatoms. The molecule has 1 saturated heterocycles. The van der Waals surface area contributed by atoms with Crippen LogP contribution in [0.25, 0.3) is 0 Å². The van der Waals surface area contributed by atoms with Crippen LogP contribution in [0.3, 0.4) is 0 Å². The molecule has 0 saturated carbocycles. The van der Waals surface area contributed by atoms with E-state index in [1.807, 2.05) is 5.32 Å². The molecule has 0 aliphatic carbocycles. The molecule has 1 fully saturated rings. The van der Waals surface area contributed by atoms with Gasteiger partial charge in [-0.1, -0.05) is 0 Å². The lowest BCUT2D eigenvalue weighted by atomic mass is 10.2. The van der Waals surface area contributed by atoms with Crippen LogP contribution in [0.4, 0.5) is 4.79 Å². The Kier molecular flexibility index (Phi) is 2.30. The second kappa shape index (κ2) is 3.41.